The van der Waals surface area contributed by atoms with Gasteiger partial charge in [-0.05, 0) is 49.7 Å². The van der Waals surface area contributed by atoms with E-state index in [1.54, 1.807) is 0 Å². The third-order valence-corrected chi connectivity index (χ3v) is 15.6. The van der Waals surface area contributed by atoms with Crippen LogP contribution in [0.15, 0.2) is 0 Å². The fraction of sp³-hybridized carbons (Fsp3) is 0.848. The van der Waals surface area contributed by atoms with Crippen LogP contribution in [0.3, 0.4) is 0 Å². The van der Waals surface area contributed by atoms with Gasteiger partial charge in [-0.25, -0.2) is 19.2 Å². The molecule has 1 aromatic carbocycles. The van der Waals surface area contributed by atoms with E-state index >= 15 is 0 Å². The molecule has 0 fully saturated rings. The van der Waals surface area contributed by atoms with E-state index in [1.807, 2.05) is 0 Å². The van der Waals surface area contributed by atoms with Gasteiger partial charge in [-0.1, -0.05) is 310 Å². The molecule has 0 bridgehead atoms. The van der Waals surface area contributed by atoms with Crippen LogP contribution < -0.4 is 0 Å². The SMILES string of the molecule is CCCCCCCCCCCCCCOC(=O)c1c(CCCCCCCCCCCCCC)c(C(=O)OCCCCCCCCCCCCCC)c(C(=O)O)c(CCCCCCCCCCCCCC)c1C(=O)O. The molecule has 0 saturated heterocycles. The Labute approximate surface area is 456 Å². The summed E-state index contributed by atoms with van der Waals surface area (Å²) >= 11 is 0. The maximum Gasteiger partial charge on any atom is 0.339 e. The second kappa shape index (κ2) is 50.9. The molecule has 0 spiro atoms. The summed E-state index contributed by atoms with van der Waals surface area (Å²) in [7, 11) is 0. The Morgan fingerprint density at radius 2 is 0.432 bits per heavy atom. The summed E-state index contributed by atoms with van der Waals surface area (Å²) in [6, 6.07) is 0. The van der Waals surface area contributed by atoms with Crippen molar-refractivity contribution in [1.82, 2.24) is 0 Å². The number of carbonyl (C=O) groups excluding carboxylic acids is 2. The van der Waals surface area contributed by atoms with Gasteiger partial charge in [0.1, 0.15) is 0 Å². The van der Waals surface area contributed by atoms with Crippen LogP contribution in [0.1, 0.15) is 388 Å². The molecule has 1 aromatic rings. The van der Waals surface area contributed by atoms with Crippen molar-refractivity contribution < 1.29 is 38.9 Å². The number of carboxylic acids is 2. The second-order valence-electron chi connectivity index (χ2n) is 22.4. The molecule has 8 heteroatoms. The van der Waals surface area contributed by atoms with Crippen molar-refractivity contribution in [2.24, 2.45) is 0 Å². The van der Waals surface area contributed by atoms with Crippen LogP contribution in [0.25, 0.3) is 0 Å². The lowest BCUT2D eigenvalue weighted by Crippen LogP contribution is -2.26. The number of carboxylic acid groups (broad SMARTS) is 2. The summed E-state index contributed by atoms with van der Waals surface area (Å²) < 4.78 is 11.9. The molecule has 0 aliphatic rings. The fourth-order valence-electron chi connectivity index (χ4n) is 10.9. The lowest BCUT2D eigenvalue weighted by Gasteiger charge is -2.22. The minimum absolute atomic E-state index is 0.0464. The minimum Gasteiger partial charge on any atom is -0.478 e. The molecule has 0 unspecified atom stereocenters. The normalized spacial score (nSPS) is 11.4. The number of hydrogen-bond acceptors (Lipinski definition) is 6. The highest BCUT2D eigenvalue weighted by atomic mass is 16.5. The number of rotatable bonds is 56. The number of carbonyl (C=O) groups is 4. The largest absolute Gasteiger partial charge is 0.478 e. The Balaban J connectivity index is 3.34. The third-order valence-electron chi connectivity index (χ3n) is 15.6. The summed E-state index contributed by atoms with van der Waals surface area (Å²) in [6.07, 6.45) is 55.4. The van der Waals surface area contributed by atoms with Gasteiger partial charge in [0.2, 0.25) is 0 Å². The lowest BCUT2D eigenvalue weighted by molar-refractivity contribution is 0.0475. The highest BCUT2D eigenvalue weighted by Gasteiger charge is 2.36. The Morgan fingerprint density at radius 1 is 0.257 bits per heavy atom. The van der Waals surface area contributed by atoms with Crippen LogP contribution in [-0.2, 0) is 22.3 Å². The van der Waals surface area contributed by atoms with Crippen LogP contribution >= 0.6 is 0 Å². The monoisotopic (exact) mass is 1040 g/mol. The Kier molecular flexibility index (Phi) is 47.5. The van der Waals surface area contributed by atoms with Crippen molar-refractivity contribution in [3.05, 3.63) is 33.4 Å². The van der Waals surface area contributed by atoms with E-state index in [-0.39, 0.29) is 59.4 Å². The molecule has 0 heterocycles. The van der Waals surface area contributed by atoms with E-state index in [2.05, 4.69) is 27.7 Å². The van der Waals surface area contributed by atoms with Crippen LogP contribution in [0.4, 0.5) is 0 Å². The first-order chi connectivity index (χ1) is 36.3. The van der Waals surface area contributed by atoms with Gasteiger partial charge in [-0.3, -0.25) is 0 Å². The number of ether oxygens (including phenoxy) is 2. The van der Waals surface area contributed by atoms with Gasteiger partial charge in [0.25, 0.3) is 0 Å². The van der Waals surface area contributed by atoms with Crippen LogP contribution in [-0.4, -0.2) is 47.3 Å². The van der Waals surface area contributed by atoms with Gasteiger partial charge in [0.05, 0.1) is 35.5 Å². The van der Waals surface area contributed by atoms with Crippen LogP contribution in [0.2, 0.25) is 0 Å². The molecular formula is C66H118O8. The highest BCUT2D eigenvalue weighted by molar-refractivity contribution is 6.13. The molecule has 0 radical (unpaired) electrons. The zero-order valence-electron chi connectivity index (χ0n) is 49.1. The summed E-state index contributed by atoms with van der Waals surface area (Å²) in [4.78, 5) is 56.0. The quantitative estimate of drug-likeness (QED) is 0.0488. The summed E-state index contributed by atoms with van der Waals surface area (Å²) in [6.45, 7) is 9.26. The first kappa shape index (κ1) is 69.1. The fourth-order valence-corrected chi connectivity index (χ4v) is 10.9. The van der Waals surface area contributed by atoms with Gasteiger partial charge in [0.15, 0.2) is 0 Å². The molecule has 0 amide bonds. The molecule has 74 heavy (non-hydrogen) atoms. The molecule has 8 nitrogen and oxygen atoms in total. The predicted octanol–water partition coefficient (Wildman–Crippen LogP) is 21.3. The zero-order valence-corrected chi connectivity index (χ0v) is 49.1. The standard InChI is InChI=1S/C66H118O8/c1-5-9-13-17-21-25-29-33-37-41-45-49-53-57-59(63(67)68)61(65(71)73-55-51-47-43-39-35-31-27-23-19-15-11-7-3)58(54-50-46-42-38-34-30-26-22-18-14-10-6-2)62(60(57)64(69)70)66(72)74-56-52-48-44-40-36-32-28-24-20-16-12-8-4/h5-56H2,1-4H3,(H,67,68)(H,69,70). The van der Waals surface area contributed by atoms with E-state index in [1.165, 1.54) is 193 Å². The summed E-state index contributed by atoms with van der Waals surface area (Å²) in [5.41, 5.74) is -0.686. The molecule has 0 aliphatic carbocycles. The molecule has 0 aliphatic heterocycles. The first-order valence-electron chi connectivity index (χ1n) is 32.3. The zero-order chi connectivity index (χ0) is 54.0. The topological polar surface area (TPSA) is 127 Å². The number of unbranched alkanes of at least 4 members (excludes halogenated alkanes) is 44. The van der Waals surface area contributed by atoms with Crippen molar-refractivity contribution in [1.29, 1.82) is 0 Å². The van der Waals surface area contributed by atoms with Gasteiger partial charge < -0.3 is 19.7 Å². The number of benzene rings is 1. The first-order valence-corrected chi connectivity index (χ1v) is 32.3. The van der Waals surface area contributed by atoms with Gasteiger partial charge >= 0.3 is 23.9 Å². The maximum absolute atomic E-state index is 14.5. The Bertz CT molecular complexity index is 1440. The molecule has 1 rings (SSSR count). The lowest BCUT2D eigenvalue weighted by atomic mass is 9.82. The average molecular weight is 1040 g/mol. The number of hydrogen-bond donors (Lipinski definition) is 2. The summed E-state index contributed by atoms with van der Waals surface area (Å²) in [5.74, 6) is -4.26. The minimum atomic E-state index is -1.36. The van der Waals surface area contributed by atoms with Crippen LogP contribution in [0.5, 0.6) is 0 Å². The molecule has 2 N–H and O–H groups in total. The molecule has 0 atom stereocenters. The summed E-state index contributed by atoms with van der Waals surface area (Å²) in [5, 5.41) is 22.0. The van der Waals surface area contributed by atoms with E-state index in [0.29, 0.717) is 25.7 Å². The third kappa shape index (κ3) is 35.4. The van der Waals surface area contributed by atoms with E-state index in [0.717, 1.165) is 89.9 Å². The Hall–Kier alpha value is -2.90. The number of esters is 2. The maximum atomic E-state index is 14.5. The highest BCUT2D eigenvalue weighted by Crippen LogP contribution is 2.34. The molecular weight excluding hydrogens is 921 g/mol. The van der Waals surface area contributed by atoms with Crippen LogP contribution in [0, 0.1) is 0 Å². The van der Waals surface area contributed by atoms with Gasteiger partial charge in [-0.2, -0.15) is 0 Å². The molecule has 0 saturated carbocycles. The number of aromatic carboxylic acids is 2. The average Bonchev–Trinajstić information content (AvgIpc) is 3.39. The van der Waals surface area contributed by atoms with E-state index in [9.17, 15) is 29.4 Å². The van der Waals surface area contributed by atoms with Crippen molar-refractivity contribution in [3.63, 3.8) is 0 Å². The second-order valence-corrected chi connectivity index (χ2v) is 22.4. The van der Waals surface area contributed by atoms with Crippen molar-refractivity contribution in [3.8, 4) is 0 Å². The Morgan fingerprint density at radius 3 is 0.635 bits per heavy atom. The molecule has 0 aromatic heterocycles. The molecule has 430 valence electrons. The van der Waals surface area contributed by atoms with Gasteiger partial charge in [-0.15, -0.1) is 0 Å². The van der Waals surface area contributed by atoms with Gasteiger partial charge in [0, 0.05) is 0 Å². The van der Waals surface area contributed by atoms with E-state index < -0.39 is 23.9 Å². The smallest absolute Gasteiger partial charge is 0.339 e. The van der Waals surface area contributed by atoms with E-state index in [4.69, 9.17) is 9.47 Å². The van der Waals surface area contributed by atoms with Crippen molar-refractivity contribution >= 4 is 23.9 Å². The van der Waals surface area contributed by atoms with Crippen molar-refractivity contribution in [2.75, 3.05) is 13.2 Å². The predicted molar refractivity (Wildman–Crippen MR) is 313 cm³/mol. The van der Waals surface area contributed by atoms with Crippen molar-refractivity contribution in [2.45, 2.75) is 349 Å².